The molecule has 0 saturated heterocycles. The molecule has 0 saturated carbocycles. The summed E-state index contributed by atoms with van der Waals surface area (Å²) in [7, 11) is 0. The van der Waals surface area contributed by atoms with Gasteiger partial charge in [-0.1, -0.05) is 30.3 Å². The van der Waals surface area contributed by atoms with E-state index in [9.17, 15) is 18.0 Å². The molecule has 2 aromatic carbocycles. The lowest BCUT2D eigenvalue weighted by Gasteiger charge is -2.13. The summed E-state index contributed by atoms with van der Waals surface area (Å²) < 4.78 is 37.3. The van der Waals surface area contributed by atoms with E-state index in [0.29, 0.717) is 6.42 Å². The molecule has 0 aromatic heterocycles. The summed E-state index contributed by atoms with van der Waals surface area (Å²) >= 11 is 0. The lowest BCUT2D eigenvalue weighted by molar-refractivity contribution is -0.137. The number of carbonyl (C=O) groups is 1. The predicted molar refractivity (Wildman–Crippen MR) is 78.2 cm³/mol. The minimum absolute atomic E-state index is 0.279. The van der Waals surface area contributed by atoms with Crippen molar-refractivity contribution < 1.29 is 18.0 Å². The highest BCUT2D eigenvalue weighted by Gasteiger charge is 2.30. The van der Waals surface area contributed by atoms with Gasteiger partial charge in [0.15, 0.2) is 0 Å². The van der Waals surface area contributed by atoms with Crippen molar-refractivity contribution >= 4 is 11.6 Å². The lowest BCUT2D eigenvalue weighted by atomic mass is 10.1. The van der Waals surface area contributed by atoms with E-state index in [-0.39, 0.29) is 5.69 Å². The maximum absolute atomic E-state index is 12.4. The zero-order chi connectivity index (χ0) is 16.2. The third-order valence-electron chi connectivity index (χ3n) is 3.11. The summed E-state index contributed by atoms with van der Waals surface area (Å²) in [4.78, 5) is 11.9. The van der Waals surface area contributed by atoms with Crippen LogP contribution in [0.2, 0.25) is 0 Å². The van der Waals surface area contributed by atoms with Gasteiger partial charge in [0, 0.05) is 5.69 Å². The molecule has 1 atom stereocenters. The fraction of sp³-hybridized carbons (Fsp3) is 0.188. The van der Waals surface area contributed by atoms with Gasteiger partial charge < -0.3 is 11.1 Å². The van der Waals surface area contributed by atoms with E-state index >= 15 is 0 Å². The third-order valence-corrected chi connectivity index (χ3v) is 3.11. The van der Waals surface area contributed by atoms with Gasteiger partial charge in [0.05, 0.1) is 11.6 Å². The maximum Gasteiger partial charge on any atom is 0.416 e. The van der Waals surface area contributed by atoms with Crippen LogP contribution in [0, 0.1) is 0 Å². The number of carbonyl (C=O) groups excluding carboxylic acids is 1. The quantitative estimate of drug-likeness (QED) is 0.911. The van der Waals surface area contributed by atoms with Gasteiger partial charge in [-0.15, -0.1) is 0 Å². The Morgan fingerprint density at radius 2 is 1.64 bits per heavy atom. The van der Waals surface area contributed by atoms with E-state index in [1.165, 1.54) is 12.1 Å². The molecule has 0 aliphatic carbocycles. The van der Waals surface area contributed by atoms with Gasteiger partial charge >= 0.3 is 6.18 Å². The van der Waals surface area contributed by atoms with E-state index in [4.69, 9.17) is 5.73 Å². The molecular formula is C16H15F3N2O. The molecule has 0 spiro atoms. The monoisotopic (exact) mass is 308 g/mol. The fourth-order valence-corrected chi connectivity index (χ4v) is 1.94. The maximum atomic E-state index is 12.4. The van der Waals surface area contributed by atoms with Crippen LogP contribution in [0.25, 0.3) is 0 Å². The molecule has 2 aromatic rings. The van der Waals surface area contributed by atoms with Crippen LogP contribution in [0.4, 0.5) is 18.9 Å². The molecule has 0 fully saturated rings. The smallest absolute Gasteiger partial charge is 0.325 e. The van der Waals surface area contributed by atoms with Crippen molar-refractivity contribution in [1.82, 2.24) is 0 Å². The Kier molecular flexibility index (Phi) is 4.82. The van der Waals surface area contributed by atoms with E-state index in [1.54, 1.807) is 0 Å². The Labute approximate surface area is 125 Å². The molecule has 0 heterocycles. The van der Waals surface area contributed by atoms with Crippen LogP contribution >= 0.6 is 0 Å². The SMILES string of the molecule is N[C@H](Cc1ccccc1)C(=O)Nc1ccc(C(F)(F)F)cc1. The van der Waals surface area contributed by atoms with Crippen molar-refractivity contribution in [3.8, 4) is 0 Å². The number of benzene rings is 2. The highest BCUT2D eigenvalue weighted by Crippen LogP contribution is 2.29. The number of alkyl halides is 3. The molecule has 2 rings (SSSR count). The second-order valence-corrected chi connectivity index (χ2v) is 4.86. The summed E-state index contributed by atoms with van der Waals surface area (Å²) in [6.45, 7) is 0. The molecule has 0 radical (unpaired) electrons. The first-order valence-corrected chi connectivity index (χ1v) is 6.64. The highest BCUT2D eigenvalue weighted by atomic mass is 19.4. The second kappa shape index (κ2) is 6.62. The number of halogens is 3. The first kappa shape index (κ1) is 16.0. The van der Waals surface area contributed by atoms with Crippen LogP contribution in [-0.4, -0.2) is 11.9 Å². The first-order chi connectivity index (χ1) is 10.4. The zero-order valence-corrected chi connectivity index (χ0v) is 11.6. The van der Waals surface area contributed by atoms with Crippen LogP contribution in [0.3, 0.4) is 0 Å². The molecule has 0 aliphatic rings. The Morgan fingerprint density at radius 3 is 2.18 bits per heavy atom. The Hall–Kier alpha value is -2.34. The van der Waals surface area contributed by atoms with Gasteiger partial charge in [0.25, 0.3) is 0 Å². The van der Waals surface area contributed by atoms with Crippen molar-refractivity contribution in [2.24, 2.45) is 5.73 Å². The van der Waals surface area contributed by atoms with E-state index in [2.05, 4.69) is 5.32 Å². The zero-order valence-electron chi connectivity index (χ0n) is 11.6. The van der Waals surface area contributed by atoms with Gasteiger partial charge in [0.1, 0.15) is 0 Å². The molecule has 3 N–H and O–H groups in total. The van der Waals surface area contributed by atoms with E-state index in [0.717, 1.165) is 17.7 Å². The van der Waals surface area contributed by atoms with E-state index in [1.807, 2.05) is 30.3 Å². The number of nitrogens with two attached hydrogens (primary N) is 1. The van der Waals surface area contributed by atoms with Gasteiger partial charge in [-0.3, -0.25) is 4.79 Å². The summed E-state index contributed by atoms with van der Waals surface area (Å²) in [6.07, 6.45) is -4.04. The molecule has 0 unspecified atom stereocenters. The van der Waals surface area contributed by atoms with Gasteiger partial charge in [-0.25, -0.2) is 0 Å². The largest absolute Gasteiger partial charge is 0.416 e. The van der Waals surface area contributed by atoms with Crippen LogP contribution < -0.4 is 11.1 Å². The Morgan fingerprint density at radius 1 is 1.05 bits per heavy atom. The van der Waals surface area contributed by atoms with Crippen molar-refractivity contribution in [1.29, 1.82) is 0 Å². The number of rotatable bonds is 4. The molecule has 6 heteroatoms. The molecule has 0 bridgehead atoms. The van der Waals surface area contributed by atoms with Gasteiger partial charge in [-0.2, -0.15) is 13.2 Å². The predicted octanol–water partition coefficient (Wildman–Crippen LogP) is 3.21. The van der Waals surface area contributed by atoms with Gasteiger partial charge in [-0.05, 0) is 36.2 Å². The molecule has 3 nitrogen and oxygen atoms in total. The number of hydrogen-bond donors (Lipinski definition) is 2. The molecule has 116 valence electrons. The highest BCUT2D eigenvalue weighted by molar-refractivity contribution is 5.94. The number of amides is 1. The van der Waals surface area contributed by atoms with Crippen LogP contribution in [0.15, 0.2) is 54.6 Å². The molecule has 0 aliphatic heterocycles. The number of nitrogens with one attached hydrogen (secondary N) is 1. The lowest BCUT2D eigenvalue weighted by Crippen LogP contribution is -2.37. The van der Waals surface area contributed by atoms with Crippen molar-refractivity contribution in [2.75, 3.05) is 5.32 Å². The van der Waals surface area contributed by atoms with Crippen molar-refractivity contribution in [2.45, 2.75) is 18.6 Å². The normalized spacial score (nSPS) is 12.7. The second-order valence-electron chi connectivity index (χ2n) is 4.86. The minimum Gasteiger partial charge on any atom is -0.325 e. The summed E-state index contributed by atoms with van der Waals surface area (Å²) in [5.74, 6) is -0.441. The standard InChI is InChI=1S/C16H15F3N2O/c17-16(18,19)12-6-8-13(9-7-12)21-15(22)14(20)10-11-4-2-1-3-5-11/h1-9,14H,10,20H2,(H,21,22)/t14-/m1/s1. The summed E-state index contributed by atoms with van der Waals surface area (Å²) in [5, 5.41) is 2.51. The Balaban J connectivity index is 1.96. The van der Waals surface area contributed by atoms with Crippen LogP contribution in [0.5, 0.6) is 0 Å². The minimum atomic E-state index is -4.40. The number of hydrogen-bond acceptors (Lipinski definition) is 2. The van der Waals surface area contributed by atoms with Crippen molar-refractivity contribution in [3.05, 3.63) is 65.7 Å². The molecule has 22 heavy (non-hydrogen) atoms. The summed E-state index contributed by atoms with van der Waals surface area (Å²) in [6, 6.07) is 12.7. The average Bonchev–Trinajstić information content (AvgIpc) is 2.48. The van der Waals surface area contributed by atoms with E-state index < -0.39 is 23.7 Å². The fourth-order valence-electron chi connectivity index (χ4n) is 1.94. The van der Waals surface area contributed by atoms with Crippen LogP contribution in [-0.2, 0) is 17.4 Å². The van der Waals surface area contributed by atoms with Crippen molar-refractivity contribution in [3.63, 3.8) is 0 Å². The first-order valence-electron chi connectivity index (χ1n) is 6.64. The third kappa shape index (κ3) is 4.33. The van der Waals surface area contributed by atoms with Gasteiger partial charge in [0.2, 0.25) is 5.91 Å². The summed E-state index contributed by atoms with van der Waals surface area (Å²) in [5.41, 5.74) is 6.23. The molecular weight excluding hydrogens is 293 g/mol. The van der Waals surface area contributed by atoms with Crippen LogP contribution in [0.1, 0.15) is 11.1 Å². The Bertz CT molecular complexity index is 624. The topological polar surface area (TPSA) is 55.1 Å². The number of anilines is 1. The molecule has 1 amide bonds. The average molecular weight is 308 g/mol.